The van der Waals surface area contributed by atoms with E-state index in [0.29, 0.717) is 6.04 Å². The molecule has 0 aromatic rings. The van der Waals surface area contributed by atoms with Crippen molar-refractivity contribution in [3.63, 3.8) is 0 Å². The molecule has 0 amide bonds. The highest BCUT2D eigenvalue weighted by Gasteiger charge is 2.23. The van der Waals surface area contributed by atoms with Gasteiger partial charge in [-0.25, -0.2) is 0 Å². The van der Waals surface area contributed by atoms with Crippen LogP contribution in [0, 0.1) is 5.92 Å². The number of aliphatic hydroxyl groups excluding tert-OH is 1. The van der Waals surface area contributed by atoms with Gasteiger partial charge in [-0.15, -0.1) is 0 Å². The van der Waals surface area contributed by atoms with Crippen LogP contribution >= 0.6 is 0 Å². The van der Waals surface area contributed by atoms with Crippen molar-refractivity contribution in [2.24, 2.45) is 5.92 Å². The van der Waals surface area contributed by atoms with Crippen molar-refractivity contribution >= 4 is 0 Å². The van der Waals surface area contributed by atoms with E-state index in [1.165, 1.54) is 19.5 Å². The van der Waals surface area contributed by atoms with Crippen molar-refractivity contribution in [1.29, 1.82) is 0 Å². The summed E-state index contributed by atoms with van der Waals surface area (Å²) in [6.07, 6.45) is 1.07. The van der Waals surface area contributed by atoms with Gasteiger partial charge in [-0.2, -0.15) is 0 Å². The van der Waals surface area contributed by atoms with Crippen LogP contribution in [-0.4, -0.2) is 48.3 Å². The first-order chi connectivity index (χ1) is 6.59. The lowest BCUT2D eigenvalue weighted by atomic mass is 10.1. The molecule has 1 heterocycles. The predicted molar refractivity (Wildman–Crippen MR) is 59.4 cm³/mol. The predicted octanol–water partition coefficient (Wildman–Crippen LogP) is 0.687. The van der Waals surface area contributed by atoms with Gasteiger partial charge in [-0.1, -0.05) is 0 Å². The average molecular weight is 200 g/mol. The number of aliphatic hydroxyl groups is 1. The molecule has 0 radical (unpaired) electrons. The fourth-order valence-corrected chi connectivity index (χ4v) is 1.99. The van der Waals surface area contributed by atoms with Gasteiger partial charge >= 0.3 is 0 Å². The Balaban J connectivity index is 2.10. The fourth-order valence-electron chi connectivity index (χ4n) is 1.99. The largest absolute Gasteiger partial charge is 0.392 e. The smallest absolute Gasteiger partial charge is 0.0636 e. The molecule has 2 atom stereocenters. The monoisotopic (exact) mass is 200 g/mol. The molecule has 0 bridgehead atoms. The van der Waals surface area contributed by atoms with Crippen molar-refractivity contribution < 1.29 is 5.11 Å². The van der Waals surface area contributed by atoms with Crippen LogP contribution in [0.1, 0.15) is 27.2 Å². The summed E-state index contributed by atoms with van der Waals surface area (Å²) in [6.45, 7) is 10.6. The molecule has 84 valence electrons. The highest BCUT2D eigenvalue weighted by atomic mass is 16.3. The highest BCUT2D eigenvalue weighted by molar-refractivity contribution is 4.79. The molecule has 0 aromatic heterocycles. The zero-order valence-corrected chi connectivity index (χ0v) is 9.66. The van der Waals surface area contributed by atoms with Gasteiger partial charge in [-0.3, -0.25) is 0 Å². The third kappa shape index (κ3) is 3.95. The number of rotatable bonds is 5. The number of nitrogens with one attached hydrogen (secondary N) is 1. The van der Waals surface area contributed by atoms with E-state index in [0.717, 1.165) is 19.0 Å². The first-order valence-corrected chi connectivity index (χ1v) is 5.72. The van der Waals surface area contributed by atoms with E-state index in [4.69, 9.17) is 5.11 Å². The minimum Gasteiger partial charge on any atom is -0.392 e. The maximum absolute atomic E-state index is 9.09. The fraction of sp³-hybridized carbons (Fsp3) is 1.00. The summed E-state index contributed by atoms with van der Waals surface area (Å²) >= 11 is 0. The van der Waals surface area contributed by atoms with E-state index < -0.39 is 0 Å². The Bertz CT molecular complexity index is 159. The van der Waals surface area contributed by atoms with Crippen LogP contribution in [0.25, 0.3) is 0 Å². The van der Waals surface area contributed by atoms with Crippen LogP contribution in [0.3, 0.4) is 0 Å². The van der Waals surface area contributed by atoms with E-state index in [1.54, 1.807) is 0 Å². The van der Waals surface area contributed by atoms with Crippen LogP contribution in [0.5, 0.6) is 0 Å². The minimum absolute atomic E-state index is 0.224. The number of nitrogens with zero attached hydrogens (tertiary/aromatic N) is 1. The first-order valence-electron chi connectivity index (χ1n) is 5.72. The third-order valence-corrected chi connectivity index (χ3v) is 2.92. The molecule has 0 spiro atoms. The maximum atomic E-state index is 9.09. The molecule has 3 heteroatoms. The Morgan fingerprint density at radius 1 is 1.43 bits per heavy atom. The van der Waals surface area contributed by atoms with Crippen molar-refractivity contribution in [2.75, 3.05) is 26.2 Å². The molecule has 2 N–H and O–H groups in total. The van der Waals surface area contributed by atoms with E-state index in [-0.39, 0.29) is 6.10 Å². The second-order valence-electron chi connectivity index (χ2n) is 4.75. The zero-order chi connectivity index (χ0) is 10.6. The summed E-state index contributed by atoms with van der Waals surface area (Å²) in [5.74, 6) is 0.774. The van der Waals surface area contributed by atoms with Gasteiger partial charge in [0.15, 0.2) is 0 Å². The summed E-state index contributed by atoms with van der Waals surface area (Å²) in [4.78, 5) is 2.52. The van der Waals surface area contributed by atoms with Gasteiger partial charge in [0.25, 0.3) is 0 Å². The SMILES string of the molecule is CC(C)N1CCC(CNC[C@@H](C)O)C1. The number of hydrogen-bond donors (Lipinski definition) is 2. The molecule has 1 aliphatic rings. The van der Waals surface area contributed by atoms with Crippen LogP contribution in [0.4, 0.5) is 0 Å². The van der Waals surface area contributed by atoms with Gasteiger partial charge in [0, 0.05) is 19.1 Å². The Morgan fingerprint density at radius 3 is 2.64 bits per heavy atom. The van der Waals surface area contributed by atoms with E-state index in [9.17, 15) is 0 Å². The first kappa shape index (κ1) is 12.0. The zero-order valence-electron chi connectivity index (χ0n) is 9.66. The molecule has 1 saturated heterocycles. The van der Waals surface area contributed by atoms with Gasteiger partial charge < -0.3 is 15.3 Å². The Morgan fingerprint density at radius 2 is 2.14 bits per heavy atom. The van der Waals surface area contributed by atoms with Gasteiger partial charge in [0.05, 0.1) is 6.10 Å². The average Bonchev–Trinajstić information content (AvgIpc) is 2.52. The van der Waals surface area contributed by atoms with Gasteiger partial charge in [0.2, 0.25) is 0 Å². The summed E-state index contributed by atoms with van der Waals surface area (Å²) in [7, 11) is 0. The molecule has 0 aliphatic carbocycles. The number of likely N-dealkylation sites (tertiary alicyclic amines) is 1. The van der Waals surface area contributed by atoms with Crippen LogP contribution in [0.15, 0.2) is 0 Å². The van der Waals surface area contributed by atoms with Crippen LogP contribution in [-0.2, 0) is 0 Å². The maximum Gasteiger partial charge on any atom is 0.0636 e. The summed E-state index contributed by atoms with van der Waals surface area (Å²) in [5.41, 5.74) is 0. The molecule has 14 heavy (non-hydrogen) atoms. The Labute approximate surface area is 87.5 Å². The molecular formula is C11H24N2O. The second kappa shape index (κ2) is 5.69. The molecular weight excluding hydrogens is 176 g/mol. The molecule has 1 rings (SSSR count). The molecule has 0 saturated carbocycles. The Hall–Kier alpha value is -0.120. The third-order valence-electron chi connectivity index (χ3n) is 2.92. The van der Waals surface area contributed by atoms with E-state index in [1.807, 2.05) is 6.92 Å². The standard InChI is InChI=1S/C11H24N2O/c1-9(2)13-5-4-11(8-13)7-12-6-10(3)14/h9-12,14H,4-8H2,1-3H3/t10-,11?/m1/s1. The quantitative estimate of drug-likeness (QED) is 0.685. The van der Waals surface area contributed by atoms with Crippen molar-refractivity contribution in [2.45, 2.75) is 39.3 Å². The normalized spacial score (nSPS) is 25.9. The molecule has 0 aromatic carbocycles. The second-order valence-corrected chi connectivity index (χ2v) is 4.75. The lowest BCUT2D eigenvalue weighted by Crippen LogP contribution is -2.32. The van der Waals surface area contributed by atoms with Crippen LogP contribution < -0.4 is 5.32 Å². The molecule has 1 aliphatic heterocycles. The summed E-state index contributed by atoms with van der Waals surface area (Å²) in [6, 6.07) is 0.678. The van der Waals surface area contributed by atoms with E-state index in [2.05, 4.69) is 24.1 Å². The highest BCUT2D eigenvalue weighted by Crippen LogP contribution is 2.17. The molecule has 1 unspecified atom stereocenters. The number of hydrogen-bond acceptors (Lipinski definition) is 3. The van der Waals surface area contributed by atoms with Crippen molar-refractivity contribution in [1.82, 2.24) is 10.2 Å². The molecule has 3 nitrogen and oxygen atoms in total. The summed E-state index contributed by atoms with van der Waals surface area (Å²) < 4.78 is 0. The summed E-state index contributed by atoms with van der Waals surface area (Å²) in [5, 5.41) is 12.4. The molecule has 1 fully saturated rings. The minimum atomic E-state index is -0.224. The van der Waals surface area contributed by atoms with Crippen LogP contribution in [0.2, 0.25) is 0 Å². The van der Waals surface area contributed by atoms with Crippen molar-refractivity contribution in [3.05, 3.63) is 0 Å². The van der Waals surface area contributed by atoms with E-state index >= 15 is 0 Å². The Kier molecular flexibility index (Phi) is 4.85. The van der Waals surface area contributed by atoms with Gasteiger partial charge in [0.1, 0.15) is 0 Å². The lowest BCUT2D eigenvalue weighted by molar-refractivity contribution is 0.188. The van der Waals surface area contributed by atoms with Gasteiger partial charge in [-0.05, 0) is 46.2 Å². The van der Waals surface area contributed by atoms with Crippen molar-refractivity contribution in [3.8, 4) is 0 Å². The topological polar surface area (TPSA) is 35.5 Å². The lowest BCUT2D eigenvalue weighted by Gasteiger charge is -2.20.